The van der Waals surface area contributed by atoms with Gasteiger partial charge in [-0.15, -0.1) is 5.10 Å². The Morgan fingerprint density at radius 1 is 1.08 bits per heavy atom. The van der Waals surface area contributed by atoms with Crippen LogP contribution in [-0.2, 0) is 10.0 Å². The smallest absolute Gasteiger partial charge is 0.240 e. The van der Waals surface area contributed by atoms with Crippen LogP contribution in [0.25, 0.3) is 11.4 Å². The lowest BCUT2D eigenvalue weighted by Crippen LogP contribution is -2.25. The molecule has 0 saturated heterocycles. The van der Waals surface area contributed by atoms with E-state index in [1.807, 2.05) is 0 Å². The van der Waals surface area contributed by atoms with Crippen molar-refractivity contribution in [3.8, 4) is 11.4 Å². The first kappa shape index (κ1) is 17.6. The summed E-state index contributed by atoms with van der Waals surface area (Å²) in [4.78, 5) is 4.43. The Hall–Kier alpha value is -2.23. The summed E-state index contributed by atoms with van der Waals surface area (Å²) in [5.74, 6) is 0.400. The summed E-state index contributed by atoms with van der Waals surface area (Å²) in [5, 5.41) is 7.12. The molecule has 0 aliphatic carbocycles. The lowest BCUT2D eigenvalue weighted by Gasteiger charge is -2.05. The summed E-state index contributed by atoms with van der Waals surface area (Å²) >= 11 is 1.27. The molecule has 0 radical (unpaired) electrons. The Kier molecular flexibility index (Phi) is 5.47. The quantitative estimate of drug-likeness (QED) is 0.487. The van der Waals surface area contributed by atoms with E-state index in [1.54, 1.807) is 36.4 Å². The number of thioether (sulfide) groups is 1. The van der Waals surface area contributed by atoms with Gasteiger partial charge in [-0.1, -0.05) is 42.1 Å². The van der Waals surface area contributed by atoms with Crippen molar-refractivity contribution >= 4 is 21.8 Å². The second-order valence-corrected chi connectivity index (χ2v) is 7.83. The van der Waals surface area contributed by atoms with Crippen molar-refractivity contribution in [2.75, 3.05) is 12.3 Å². The van der Waals surface area contributed by atoms with Crippen molar-refractivity contribution in [1.29, 1.82) is 0 Å². The highest BCUT2D eigenvalue weighted by Crippen LogP contribution is 2.21. The minimum atomic E-state index is -3.52. The number of rotatable bonds is 7. The first-order valence-electron chi connectivity index (χ1n) is 7.41. The number of halogens is 1. The van der Waals surface area contributed by atoms with Crippen LogP contribution in [0.15, 0.2) is 64.6 Å². The van der Waals surface area contributed by atoms with Crippen LogP contribution in [0.5, 0.6) is 0 Å². The SMILES string of the molecule is O=S(=O)(NCCSc1n[nH]c(-c2ccccc2F)n1)c1ccccc1. The van der Waals surface area contributed by atoms with Gasteiger partial charge in [-0.05, 0) is 24.3 Å². The lowest BCUT2D eigenvalue weighted by molar-refractivity contribution is 0.584. The molecule has 2 aromatic carbocycles. The van der Waals surface area contributed by atoms with Crippen molar-refractivity contribution in [2.45, 2.75) is 10.1 Å². The number of sulfonamides is 1. The second kappa shape index (κ2) is 7.77. The van der Waals surface area contributed by atoms with Crippen LogP contribution in [0.1, 0.15) is 0 Å². The van der Waals surface area contributed by atoms with Crippen LogP contribution in [0, 0.1) is 5.82 Å². The molecule has 0 amide bonds. The standard InChI is InChI=1S/C16H15FN4O2S2/c17-14-9-5-4-8-13(14)15-19-16(21-20-15)24-11-10-18-25(22,23)12-6-2-1-3-7-12/h1-9,18H,10-11H2,(H,19,20,21). The average Bonchev–Trinajstić information content (AvgIpc) is 3.09. The Morgan fingerprint density at radius 3 is 2.56 bits per heavy atom. The van der Waals surface area contributed by atoms with Gasteiger partial charge in [-0.3, -0.25) is 5.10 Å². The minimum absolute atomic E-state index is 0.222. The van der Waals surface area contributed by atoms with E-state index >= 15 is 0 Å². The maximum atomic E-state index is 13.7. The molecular weight excluding hydrogens is 363 g/mol. The zero-order valence-corrected chi connectivity index (χ0v) is 14.6. The van der Waals surface area contributed by atoms with Gasteiger partial charge in [0.05, 0.1) is 10.5 Å². The Labute approximate surface area is 148 Å². The molecule has 3 rings (SSSR count). The fraction of sp³-hybridized carbons (Fsp3) is 0.125. The molecular formula is C16H15FN4O2S2. The fourth-order valence-electron chi connectivity index (χ4n) is 2.09. The van der Waals surface area contributed by atoms with Crippen molar-refractivity contribution in [2.24, 2.45) is 0 Å². The summed E-state index contributed by atoms with van der Waals surface area (Å²) in [6.07, 6.45) is 0. The topological polar surface area (TPSA) is 87.7 Å². The van der Waals surface area contributed by atoms with E-state index < -0.39 is 10.0 Å². The molecule has 0 fully saturated rings. The molecule has 0 aliphatic heterocycles. The highest BCUT2D eigenvalue weighted by atomic mass is 32.2. The maximum Gasteiger partial charge on any atom is 0.240 e. The van der Waals surface area contributed by atoms with E-state index in [2.05, 4.69) is 19.9 Å². The van der Waals surface area contributed by atoms with Crippen molar-refractivity contribution < 1.29 is 12.8 Å². The van der Waals surface area contributed by atoms with Gasteiger partial charge < -0.3 is 0 Å². The van der Waals surface area contributed by atoms with Gasteiger partial charge in [-0.2, -0.15) is 0 Å². The molecule has 2 N–H and O–H groups in total. The van der Waals surface area contributed by atoms with Crippen LogP contribution < -0.4 is 4.72 Å². The van der Waals surface area contributed by atoms with Crippen LogP contribution in [0.4, 0.5) is 4.39 Å². The van der Waals surface area contributed by atoms with Crippen LogP contribution >= 0.6 is 11.8 Å². The van der Waals surface area contributed by atoms with Gasteiger partial charge in [0, 0.05) is 12.3 Å². The third-order valence-electron chi connectivity index (χ3n) is 3.27. The van der Waals surface area contributed by atoms with E-state index in [0.717, 1.165) is 0 Å². The molecule has 9 heteroatoms. The summed E-state index contributed by atoms with van der Waals surface area (Å²) in [6, 6.07) is 14.4. The van der Waals surface area contributed by atoms with Crippen LogP contribution in [0.3, 0.4) is 0 Å². The predicted molar refractivity (Wildman–Crippen MR) is 94.1 cm³/mol. The zero-order chi connectivity index (χ0) is 17.7. The molecule has 0 aliphatic rings. The van der Waals surface area contributed by atoms with E-state index in [9.17, 15) is 12.8 Å². The van der Waals surface area contributed by atoms with Crippen molar-refractivity contribution in [1.82, 2.24) is 19.9 Å². The Balaban J connectivity index is 1.54. The maximum absolute atomic E-state index is 13.7. The number of nitrogens with one attached hydrogen (secondary N) is 2. The van der Waals surface area contributed by atoms with Gasteiger partial charge in [-0.25, -0.2) is 22.5 Å². The number of benzene rings is 2. The molecule has 0 atom stereocenters. The van der Waals surface area contributed by atoms with Gasteiger partial charge in [0.15, 0.2) is 5.82 Å². The number of aromatic nitrogens is 3. The summed E-state index contributed by atoms with van der Waals surface area (Å²) in [5.41, 5.74) is 0.339. The van der Waals surface area contributed by atoms with Crippen molar-refractivity contribution in [3.63, 3.8) is 0 Å². The molecule has 25 heavy (non-hydrogen) atoms. The number of hydrogen-bond acceptors (Lipinski definition) is 5. The first-order chi connectivity index (χ1) is 12.1. The number of nitrogens with zero attached hydrogens (tertiary/aromatic N) is 2. The van der Waals surface area contributed by atoms with Crippen LogP contribution in [-0.4, -0.2) is 35.9 Å². The van der Waals surface area contributed by atoms with E-state index in [-0.39, 0.29) is 17.3 Å². The van der Waals surface area contributed by atoms with Gasteiger partial charge in [0.1, 0.15) is 5.82 Å². The summed E-state index contributed by atoms with van der Waals surface area (Å²) < 4.78 is 40.4. The summed E-state index contributed by atoms with van der Waals surface area (Å²) in [7, 11) is -3.52. The number of H-pyrrole nitrogens is 1. The number of hydrogen-bond donors (Lipinski definition) is 2. The monoisotopic (exact) mass is 378 g/mol. The lowest BCUT2D eigenvalue weighted by atomic mass is 10.2. The third-order valence-corrected chi connectivity index (χ3v) is 5.60. The highest BCUT2D eigenvalue weighted by molar-refractivity contribution is 7.99. The predicted octanol–water partition coefficient (Wildman–Crippen LogP) is 2.68. The molecule has 0 spiro atoms. The third kappa shape index (κ3) is 4.44. The highest BCUT2D eigenvalue weighted by Gasteiger charge is 2.13. The average molecular weight is 378 g/mol. The van der Waals surface area contributed by atoms with E-state index in [0.29, 0.717) is 22.3 Å². The molecule has 1 aromatic heterocycles. The molecule has 3 aromatic rings. The van der Waals surface area contributed by atoms with Gasteiger partial charge >= 0.3 is 0 Å². The normalized spacial score (nSPS) is 11.6. The van der Waals surface area contributed by atoms with Gasteiger partial charge in [0.2, 0.25) is 15.2 Å². The molecule has 6 nitrogen and oxygen atoms in total. The van der Waals surface area contributed by atoms with Gasteiger partial charge in [0.25, 0.3) is 0 Å². The van der Waals surface area contributed by atoms with E-state index in [4.69, 9.17) is 0 Å². The molecule has 0 bridgehead atoms. The molecule has 0 unspecified atom stereocenters. The Morgan fingerprint density at radius 2 is 1.80 bits per heavy atom. The molecule has 1 heterocycles. The Bertz CT molecular complexity index is 946. The van der Waals surface area contributed by atoms with E-state index in [1.165, 1.54) is 30.0 Å². The van der Waals surface area contributed by atoms with Crippen LogP contribution in [0.2, 0.25) is 0 Å². The molecule has 0 saturated carbocycles. The summed E-state index contributed by atoms with van der Waals surface area (Å²) in [6.45, 7) is 0.228. The second-order valence-electron chi connectivity index (χ2n) is 5.01. The first-order valence-corrected chi connectivity index (χ1v) is 9.88. The number of aromatic amines is 1. The zero-order valence-electron chi connectivity index (χ0n) is 13.0. The fourth-order valence-corrected chi connectivity index (χ4v) is 3.92. The van der Waals surface area contributed by atoms with Crippen molar-refractivity contribution in [3.05, 3.63) is 60.4 Å². The molecule has 130 valence electrons. The minimum Gasteiger partial charge on any atom is -0.258 e. The largest absolute Gasteiger partial charge is 0.258 e.